The fourth-order valence-corrected chi connectivity index (χ4v) is 1.07. The molecular weight excluding hydrogens is 198 g/mol. The lowest BCUT2D eigenvalue weighted by atomic mass is 10.4. The van der Waals surface area contributed by atoms with Crippen molar-refractivity contribution in [1.29, 1.82) is 0 Å². The monoisotopic (exact) mass is 207 g/mol. The molecule has 0 saturated carbocycles. The number of hydrogen-bond acceptors (Lipinski definition) is 5. The van der Waals surface area contributed by atoms with Gasteiger partial charge in [0, 0.05) is 13.0 Å². The zero-order chi connectivity index (χ0) is 10.5. The van der Waals surface area contributed by atoms with E-state index in [1.54, 1.807) is 12.1 Å². The molecule has 0 radical (unpaired) electrons. The Morgan fingerprint density at radius 2 is 2.53 bits per heavy atom. The van der Waals surface area contributed by atoms with Crippen molar-refractivity contribution in [3.05, 3.63) is 30.0 Å². The molecule has 2 N–H and O–H groups in total. The zero-order valence-corrected chi connectivity index (χ0v) is 7.80. The Bertz CT molecular complexity index is 408. The smallest absolute Gasteiger partial charge is 0.286 e. The Hall–Kier alpha value is -2.18. The third-order valence-corrected chi connectivity index (χ3v) is 1.77. The summed E-state index contributed by atoms with van der Waals surface area (Å²) in [5.41, 5.74) is 0. The number of nitrogens with one attached hydrogen (secondary N) is 2. The summed E-state index contributed by atoms with van der Waals surface area (Å²) in [6.07, 6.45) is 1.98. The molecule has 7 nitrogen and oxygen atoms in total. The van der Waals surface area contributed by atoms with Crippen LogP contribution < -0.4 is 5.32 Å². The van der Waals surface area contributed by atoms with Gasteiger partial charge in [0.1, 0.15) is 0 Å². The van der Waals surface area contributed by atoms with E-state index in [0.29, 0.717) is 24.6 Å². The molecule has 0 aliphatic heterocycles. The van der Waals surface area contributed by atoms with Crippen LogP contribution in [0.3, 0.4) is 0 Å². The Morgan fingerprint density at radius 3 is 3.20 bits per heavy atom. The van der Waals surface area contributed by atoms with Crippen LogP contribution >= 0.6 is 0 Å². The predicted octanol–water partition coefficient (Wildman–Crippen LogP) is -0.235. The van der Waals surface area contributed by atoms with Crippen molar-refractivity contribution in [2.45, 2.75) is 6.42 Å². The average molecular weight is 207 g/mol. The van der Waals surface area contributed by atoms with Crippen molar-refractivity contribution in [2.24, 2.45) is 0 Å². The van der Waals surface area contributed by atoms with E-state index in [0.717, 1.165) is 0 Å². The van der Waals surface area contributed by atoms with Crippen molar-refractivity contribution < 1.29 is 9.21 Å². The van der Waals surface area contributed by atoms with Crippen molar-refractivity contribution >= 4 is 5.91 Å². The quantitative estimate of drug-likeness (QED) is 0.721. The summed E-state index contributed by atoms with van der Waals surface area (Å²) in [5, 5.41) is 15.9. The predicted molar refractivity (Wildman–Crippen MR) is 48.9 cm³/mol. The number of rotatable bonds is 4. The van der Waals surface area contributed by atoms with E-state index < -0.39 is 0 Å². The van der Waals surface area contributed by atoms with Crippen LogP contribution in [-0.2, 0) is 6.42 Å². The molecule has 15 heavy (non-hydrogen) atoms. The SMILES string of the molecule is O=C(NCCc1nn[nH]n1)c1ccco1. The second-order valence-corrected chi connectivity index (χ2v) is 2.81. The molecule has 2 rings (SSSR count). The molecule has 0 aromatic carbocycles. The van der Waals surface area contributed by atoms with E-state index in [2.05, 4.69) is 25.9 Å². The van der Waals surface area contributed by atoms with Crippen molar-refractivity contribution in [3.63, 3.8) is 0 Å². The Labute approximate surface area is 84.9 Å². The van der Waals surface area contributed by atoms with Crippen molar-refractivity contribution in [3.8, 4) is 0 Å². The molecule has 2 heterocycles. The number of carbonyl (C=O) groups excluding carboxylic acids is 1. The second kappa shape index (κ2) is 4.36. The highest BCUT2D eigenvalue weighted by molar-refractivity contribution is 5.91. The minimum Gasteiger partial charge on any atom is -0.459 e. The first-order valence-corrected chi connectivity index (χ1v) is 4.40. The van der Waals surface area contributed by atoms with Gasteiger partial charge in [-0.15, -0.1) is 10.2 Å². The minimum atomic E-state index is -0.247. The highest BCUT2D eigenvalue weighted by atomic mass is 16.3. The molecule has 0 bridgehead atoms. The molecule has 0 aliphatic rings. The molecule has 0 unspecified atom stereocenters. The van der Waals surface area contributed by atoms with Gasteiger partial charge in [0.15, 0.2) is 11.6 Å². The van der Waals surface area contributed by atoms with Crippen LogP contribution in [0.4, 0.5) is 0 Å². The largest absolute Gasteiger partial charge is 0.459 e. The Morgan fingerprint density at radius 1 is 1.60 bits per heavy atom. The van der Waals surface area contributed by atoms with Gasteiger partial charge in [0.25, 0.3) is 5.91 Å². The summed E-state index contributed by atoms with van der Waals surface area (Å²) >= 11 is 0. The van der Waals surface area contributed by atoms with Crippen LogP contribution in [0.15, 0.2) is 22.8 Å². The molecule has 0 saturated heterocycles. The maximum atomic E-state index is 11.4. The van der Waals surface area contributed by atoms with Crippen LogP contribution in [-0.4, -0.2) is 33.1 Å². The number of carbonyl (C=O) groups is 1. The van der Waals surface area contributed by atoms with Crippen LogP contribution in [0.1, 0.15) is 16.4 Å². The number of aromatic nitrogens is 4. The molecule has 0 aliphatic carbocycles. The molecule has 78 valence electrons. The molecule has 0 atom stereocenters. The number of tetrazole rings is 1. The average Bonchev–Trinajstić information content (AvgIpc) is 2.90. The Kier molecular flexibility index (Phi) is 2.72. The van der Waals surface area contributed by atoms with Gasteiger partial charge in [-0.25, -0.2) is 0 Å². The number of hydrogen-bond donors (Lipinski definition) is 2. The third kappa shape index (κ3) is 2.39. The highest BCUT2D eigenvalue weighted by Crippen LogP contribution is 1.98. The topological polar surface area (TPSA) is 96.7 Å². The van der Waals surface area contributed by atoms with Crippen LogP contribution in [0.25, 0.3) is 0 Å². The minimum absolute atomic E-state index is 0.247. The van der Waals surface area contributed by atoms with E-state index in [1.807, 2.05) is 0 Å². The molecule has 1 amide bonds. The zero-order valence-electron chi connectivity index (χ0n) is 7.80. The normalized spacial score (nSPS) is 10.1. The van der Waals surface area contributed by atoms with Gasteiger partial charge in [-0.2, -0.15) is 5.21 Å². The van der Waals surface area contributed by atoms with E-state index in [-0.39, 0.29) is 5.91 Å². The summed E-state index contributed by atoms with van der Waals surface area (Å²) in [6, 6.07) is 3.26. The van der Waals surface area contributed by atoms with Crippen LogP contribution in [0.2, 0.25) is 0 Å². The lowest BCUT2D eigenvalue weighted by molar-refractivity contribution is 0.0926. The summed E-state index contributed by atoms with van der Waals surface area (Å²) in [6.45, 7) is 0.444. The molecule has 2 aromatic heterocycles. The molecule has 7 heteroatoms. The van der Waals surface area contributed by atoms with Crippen molar-refractivity contribution in [2.75, 3.05) is 6.54 Å². The second-order valence-electron chi connectivity index (χ2n) is 2.81. The van der Waals surface area contributed by atoms with E-state index >= 15 is 0 Å². The lowest BCUT2D eigenvalue weighted by Gasteiger charge is -1.99. The van der Waals surface area contributed by atoms with Gasteiger partial charge < -0.3 is 9.73 Å². The first-order chi connectivity index (χ1) is 7.36. The first kappa shape index (κ1) is 9.38. The van der Waals surface area contributed by atoms with E-state index in [1.165, 1.54) is 6.26 Å². The fraction of sp³-hybridized carbons (Fsp3) is 0.250. The van der Waals surface area contributed by atoms with Crippen molar-refractivity contribution in [1.82, 2.24) is 25.9 Å². The van der Waals surface area contributed by atoms with E-state index in [4.69, 9.17) is 4.42 Å². The summed E-state index contributed by atoms with van der Waals surface area (Å²) in [4.78, 5) is 11.4. The highest BCUT2D eigenvalue weighted by Gasteiger charge is 2.07. The van der Waals surface area contributed by atoms with Gasteiger partial charge in [-0.3, -0.25) is 4.79 Å². The van der Waals surface area contributed by atoms with Gasteiger partial charge in [0.05, 0.1) is 6.26 Å². The molecule has 0 spiro atoms. The first-order valence-electron chi connectivity index (χ1n) is 4.40. The fourth-order valence-electron chi connectivity index (χ4n) is 1.07. The maximum absolute atomic E-state index is 11.4. The Balaban J connectivity index is 1.77. The molecule has 0 fully saturated rings. The standard InChI is InChI=1S/C8H9N5O2/c14-8(6-2-1-5-15-6)9-4-3-7-10-12-13-11-7/h1-2,5H,3-4H2,(H,9,14)(H,10,11,12,13). The van der Waals surface area contributed by atoms with Crippen LogP contribution in [0, 0.1) is 0 Å². The summed E-state index contributed by atoms with van der Waals surface area (Å²) < 4.78 is 4.92. The molecular formula is C8H9N5O2. The summed E-state index contributed by atoms with van der Waals surface area (Å²) in [7, 11) is 0. The van der Waals surface area contributed by atoms with Gasteiger partial charge in [-0.1, -0.05) is 5.21 Å². The lowest BCUT2D eigenvalue weighted by Crippen LogP contribution is -2.25. The maximum Gasteiger partial charge on any atom is 0.286 e. The number of furan rings is 1. The number of nitrogens with zero attached hydrogens (tertiary/aromatic N) is 3. The number of amides is 1. The van der Waals surface area contributed by atoms with Gasteiger partial charge >= 0.3 is 0 Å². The molecule has 2 aromatic rings. The van der Waals surface area contributed by atoms with Crippen LogP contribution in [0.5, 0.6) is 0 Å². The van der Waals surface area contributed by atoms with Gasteiger partial charge in [-0.05, 0) is 12.1 Å². The van der Waals surface area contributed by atoms with E-state index in [9.17, 15) is 4.79 Å². The third-order valence-electron chi connectivity index (χ3n) is 1.77. The number of aromatic amines is 1. The number of H-pyrrole nitrogens is 1. The van der Waals surface area contributed by atoms with Gasteiger partial charge in [0.2, 0.25) is 0 Å². The summed E-state index contributed by atoms with van der Waals surface area (Å²) in [5.74, 6) is 0.612.